The van der Waals surface area contributed by atoms with Gasteiger partial charge in [-0.3, -0.25) is 14.9 Å². The number of nitro groups is 1. The second-order valence-electron chi connectivity index (χ2n) is 5.53. The topological polar surface area (TPSA) is 110 Å². The van der Waals surface area contributed by atoms with Crippen LogP contribution in [0, 0.1) is 16.0 Å². The molecule has 1 aliphatic rings. The molecule has 2 rings (SSSR count). The van der Waals surface area contributed by atoms with Gasteiger partial charge < -0.3 is 14.7 Å². The average Bonchev–Trinajstić information content (AvgIpc) is 2.99. The molecule has 0 spiro atoms. The van der Waals surface area contributed by atoms with E-state index in [0.717, 1.165) is 0 Å². The van der Waals surface area contributed by atoms with Gasteiger partial charge in [0, 0.05) is 24.6 Å². The smallest absolute Gasteiger partial charge is 0.326 e. The molecule has 1 aromatic rings. The predicted octanol–water partition coefficient (Wildman–Crippen LogP) is 1.76. The number of ketones is 1. The van der Waals surface area contributed by atoms with Crippen molar-refractivity contribution in [2.75, 3.05) is 6.54 Å². The zero-order valence-corrected chi connectivity index (χ0v) is 13.7. The Morgan fingerprint density at radius 3 is 2.54 bits per heavy atom. The van der Waals surface area contributed by atoms with E-state index in [0.29, 0.717) is 5.56 Å². The van der Waals surface area contributed by atoms with Crippen LogP contribution in [0.1, 0.15) is 18.9 Å². The number of carboxylic acid groups (broad SMARTS) is 1. The number of Topliss-reactive ketones (excluding diaryl/α,β-unsaturated/α-hetero) is 1. The molecule has 1 N–H and O–H groups in total. The van der Waals surface area contributed by atoms with Gasteiger partial charge in [-0.05, 0) is 43.3 Å². The first-order chi connectivity index (χ1) is 11.3. The van der Waals surface area contributed by atoms with E-state index >= 15 is 0 Å². The number of thiocarbonyl (C=S) groups is 1. The maximum Gasteiger partial charge on any atom is 0.326 e. The van der Waals surface area contributed by atoms with Crippen molar-refractivity contribution in [3.8, 4) is 0 Å². The van der Waals surface area contributed by atoms with Gasteiger partial charge in [0.25, 0.3) is 10.9 Å². The number of carboxylic acids is 1. The second kappa shape index (κ2) is 7.35. The quantitative estimate of drug-likeness (QED) is 0.485. The lowest BCUT2D eigenvalue weighted by Crippen LogP contribution is -2.40. The number of likely N-dealkylation sites (tertiary alicyclic amines) is 1. The van der Waals surface area contributed by atoms with Gasteiger partial charge in [0.1, 0.15) is 18.4 Å². The molecule has 1 aromatic carbocycles. The van der Waals surface area contributed by atoms with Gasteiger partial charge in [-0.2, -0.15) is 0 Å². The third-order valence-electron chi connectivity index (χ3n) is 3.91. The van der Waals surface area contributed by atoms with Crippen LogP contribution < -0.4 is 0 Å². The predicted molar refractivity (Wildman–Crippen MR) is 87.4 cm³/mol. The minimum Gasteiger partial charge on any atom is -0.480 e. The maximum absolute atomic E-state index is 11.5. The number of hydrogen-bond acceptors (Lipinski definition) is 6. The molecule has 9 heteroatoms. The third-order valence-corrected chi connectivity index (χ3v) is 4.26. The van der Waals surface area contributed by atoms with Crippen molar-refractivity contribution in [3.63, 3.8) is 0 Å². The summed E-state index contributed by atoms with van der Waals surface area (Å²) in [6, 6.07) is 4.89. The number of rotatable bonds is 5. The lowest BCUT2D eigenvalue weighted by molar-refractivity contribution is -0.384. The van der Waals surface area contributed by atoms with Gasteiger partial charge in [0.05, 0.1) is 4.92 Å². The molecule has 2 atom stereocenters. The number of hydrogen-bond donors (Lipinski definition) is 1. The monoisotopic (exact) mass is 352 g/mol. The van der Waals surface area contributed by atoms with Crippen molar-refractivity contribution in [2.24, 2.45) is 5.92 Å². The van der Waals surface area contributed by atoms with Crippen molar-refractivity contribution in [3.05, 3.63) is 39.9 Å². The maximum atomic E-state index is 11.5. The minimum absolute atomic E-state index is 0.00417. The van der Waals surface area contributed by atoms with Gasteiger partial charge in [-0.15, -0.1) is 0 Å². The summed E-state index contributed by atoms with van der Waals surface area (Å²) in [5, 5.41) is 19.9. The summed E-state index contributed by atoms with van der Waals surface area (Å²) >= 11 is 5.14. The number of non-ortho nitro benzene ring substituents is 1. The Hall–Kier alpha value is -2.55. The molecule has 0 radical (unpaired) electrons. The molecule has 8 nitrogen and oxygen atoms in total. The lowest BCUT2D eigenvalue weighted by Gasteiger charge is -2.23. The molecule has 0 aromatic heterocycles. The Kier molecular flexibility index (Phi) is 5.45. The Morgan fingerprint density at radius 1 is 1.42 bits per heavy atom. The van der Waals surface area contributed by atoms with Gasteiger partial charge >= 0.3 is 5.97 Å². The molecule has 1 aliphatic heterocycles. The first-order valence-electron chi connectivity index (χ1n) is 7.19. The van der Waals surface area contributed by atoms with E-state index < -0.39 is 16.9 Å². The highest BCUT2D eigenvalue weighted by Gasteiger charge is 2.40. The van der Waals surface area contributed by atoms with Crippen LogP contribution >= 0.6 is 12.2 Å². The molecule has 1 fully saturated rings. The number of nitro benzene ring substituents is 1. The van der Waals surface area contributed by atoms with Gasteiger partial charge in [-0.1, -0.05) is 0 Å². The molecular formula is C15H16N2O6S. The van der Waals surface area contributed by atoms with Crippen LogP contribution in [0.2, 0.25) is 0 Å². The van der Waals surface area contributed by atoms with E-state index in [-0.39, 0.29) is 42.1 Å². The summed E-state index contributed by atoms with van der Waals surface area (Å²) in [5.74, 6) is -1.52. The van der Waals surface area contributed by atoms with Crippen molar-refractivity contribution < 1.29 is 24.4 Å². The summed E-state index contributed by atoms with van der Waals surface area (Å²) in [6.07, 6.45) is 0.200. The van der Waals surface area contributed by atoms with Crippen LogP contribution in [0.3, 0.4) is 0 Å². The van der Waals surface area contributed by atoms with E-state index in [1.807, 2.05) is 0 Å². The van der Waals surface area contributed by atoms with Crippen LogP contribution in [-0.4, -0.2) is 44.4 Å². The molecule has 1 saturated heterocycles. The molecule has 2 unspecified atom stereocenters. The van der Waals surface area contributed by atoms with Crippen LogP contribution in [0.4, 0.5) is 5.69 Å². The van der Waals surface area contributed by atoms with Gasteiger partial charge in [-0.25, -0.2) is 4.79 Å². The summed E-state index contributed by atoms with van der Waals surface area (Å²) in [5.41, 5.74) is 0.633. The highest BCUT2D eigenvalue weighted by Crippen LogP contribution is 2.25. The SMILES string of the molecule is CC(=O)C1CC(C(=O)O)N(C(=S)OCc2ccc([N+](=O)[O-])cc2)C1. The Balaban J connectivity index is 1.99. The summed E-state index contributed by atoms with van der Waals surface area (Å²) in [7, 11) is 0. The molecule has 0 saturated carbocycles. The van der Waals surface area contributed by atoms with Crippen molar-refractivity contribution in [1.29, 1.82) is 0 Å². The molecule has 0 bridgehead atoms. The van der Waals surface area contributed by atoms with Crippen molar-refractivity contribution in [2.45, 2.75) is 26.0 Å². The molecule has 24 heavy (non-hydrogen) atoms. The zero-order chi connectivity index (χ0) is 17.9. The van der Waals surface area contributed by atoms with E-state index in [1.165, 1.54) is 36.1 Å². The fourth-order valence-corrected chi connectivity index (χ4v) is 2.77. The first-order valence-corrected chi connectivity index (χ1v) is 7.60. The standard InChI is InChI=1S/C15H16N2O6S/c1-9(18)11-6-13(14(19)20)16(7-11)15(24)23-8-10-2-4-12(5-3-10)17(21)22/h2-5,11,13H,6-8H2,1H3,(H,19,20). The van der Waals surface area contributed by atoms with Crippen LogP contribution in [0.5, 0.6) is 0 Å². The molecule has 1 heterocycles. The van der Waals surface area contributed by atoms with E-state index in [1.54, 1.807) is 0 Å². The lowest BCUT2D eigenvalue weighted by atomic mass is 10.0. The number of benzene rings is 1. The Labute approximate surface area is 143 Å². The van der Waals surface area contributed by atoms with E-state index in [9.17, 15) is 24.8 Å². The normalized spacial score (nSPS) is 19.8. The number of aliphatic carboxylic acids is 1. The molecule has 128 valence electrons. The average molecular weight is 352 g/mol. The summed E-state index contributed by atoms with van der Waals surface area (Å²) in [6.45, 7) is 1.70. The number of carbonyl (C=O) groups excluding carboxylic acids is 1. The van der Waals surface area contributed by atoms with Crippen LogP contribution in [0.25, 0.3) is 0 Å². The fraction of sp³-hybridized carbons (Fsp3) is 0.400. The third kappa shape index (κ3) is 4.05. The van der Waals surface area contributed by atoms with Crippen LogP contribution in [-0.2, 0) is 20.9 Å². The Bertz CT molecular complexity index is 675. The van der Waals surface area contributed by atoms with Crippen molar-refractivity contribution in [1.82, 2.24) is 4.90 Å². The molecule has 0 aliphatic carbocycles. The number of ether oxygens (including phenoxy) is 1. The molecular weight excluding hydrogens is 336 g/mol. The number of carbonyl (C=O) groups is 2. The largest absolute Gasteiger partial charge is 0.480 e. The van der Waals surface area contributed by atoms with Crippen LogP contribution in [0.15, 0.2) is 24.3 Å². The summed E-state index contributed by atoms with van der Waals surface area (Å²) in [4.78, 5) is 34.3. The summed E-state index contributed by atoms with van der Waals surface area (Å²) < 4.78 is 5.43. The Morgan fingerprint density at radius 2 is 2.04 bits per heavy atom. The fourth-order valence-electron chi connectivity index (χ4n) is 2.51. The highest BCUT2D eigenvalue weighted by molar-refractivity contribution is 7.80. The highest BCUT2D eigenvalue weighted by atomic mass is 32.1. The van der Waals surface area contributed by atoms with Gasteiger partial charge in [0.15, 0.2) is 0 Å². The number of nitrogens with zero attached hydrogens (tertiary/aromatic N) is 2. The second-order valence-corrected chi connectivity index (χ2v) is 5.88. The molecule has 0 amide bonds. The van der Waals surface area contributed by atoms with E-state index in [2.05, 4.69) is 0 Å². The van der Waals surface area contributed by atoms with Gasteiger partial charge in [0.2, 0.25) is 0 Å². The minimum atomic E-state index is -1.06. The zero-order valence-electron chi connectivity index (χ0n) is 12.9. The van der Waals surface area contributed by atoms with Crippen molar-refractivity contribution >= 4 is 34.8 Å². The first kappa shape index (κ1) is 17.8. The van der Waals surface area contributed by atoms with E-state index in [4.69, 9.17) is 17.0 Å².